The Morgan fingerprint density at radius 1 is 0.789 bits per heavy atom. The van der Waals surface area contributed by atoms with Crippen molar-refractivity contribution < 1.29 is 0 Å². The minimum atomic E-state index is 0.525. The van der Waals surface area contributed by atoms with Gasteiger partial charge in [-0.25, -0.2) is 0 Å². The molecule has 0 radical (unpaired) electrons. The lowest BCUT2D eigenvalue weighted by atomic mass is 10.00. The highest BCUT2D eigenvalue weighted by Crippen LogP contribution is 2.28. The number of nitrogens with one attached hydrogen (secondary N) is 1. The molecule has 0 unspecified atom stereocenters. The van der Waals surface area contributed by atoms with Gasteiger partial charge in [0.25, 0.3) is 0 Å². The number of anilines is 2. The van der Waals surface area contributed by atoms with Crippen molar-refractivity contribution in [1.29, 1.82) is 0 Å². The van der Waals surface area contributed by atoms with E-state index < -0.39 is 0 Å². The molecule has 100 valence electrons. The van der Waals surface area contributed by atoms with E-state index in [1.165, 1.54) is 22.5 Å². The Morgan fingerprint density at radius 2 is 1.53 bits per heavy atom. The van der Waals surface area contributed by atoms with Crippen LogP contribution < -0.4 is 5.32 Å². The first-order valence-electron chi connectivity index (χ1n) is 7.04. The van der Waals surface area contributed by atoms with Crippen molar-refractivity contribution in [3.05, 3.63) is 59.7 Å². The lowest BCUT2D eigenvalue weighted by molar-refractivity contribution is 0.865. The smallest absolute Gasteiger partial charge is 0.0419 e. The summed E-state index contributed by atoms with van der Waals surface area (Å²) in [6.07, 6.45) is 0. The number of para-hydroxylation sites is 1. The first kappa shape index (κ1) is 13.7. The van der Waals surface area contributed by atoms with Gasteiger partial charge in [0.1, 0.15) is 0 Å². The van der Waals surface area contributed by atoms with E-state index in [9.17, 15) is 0 Å². The predicted molar refractivity (Wildman–Crippen MR) is 84.3 cm³/mol. The molecule has 2 aromatic rings. The molecule has 2 rings (SSSR count). The molecule has 0 bridgehead atoms. The zero-order valence-corrected chi connectivity index (χ0v) is 12.3. The average molecular weight is 253 g/mol. The maximum absolute atomic E-state index is 3.55. The summed E-state index contributed by atoms with van der Waals surface area (Å²) in [5, 5.41) is 3.55. The van der Waals surface area contributed by atoms with Crippen LogP contribution in [0.3, 0.4) is 0 Å². The van der Waals surface area contributed by atoms with Crippen molar-refractivity contribution in [3.8, 4) is 0 Å². The van der Waals surface area contributed by atoms with Crippen molar-refractivity contribution in [2.45, 2.75) is 39.5 Å². The van der Waals surface area contributed by atoms with Crippen LogP contribution in [0.1, 0.15) is 50.7 Å². The fraction of sp³-hybridized carbons (Fsp3) is 0.333. The van der Waals surface area contributed by atoms with Crippen LogP contribution in [0.15, 0.2) is 48.5 Å². The molecule has 1 N–H and O–H groups in total. The summed E-state index contributed by atoms with van der Waals surface area (Å²) in [6.45, 7) is 8.90. The van der Waals surface area contributed by atoms with Crippen LogP contribution in [0.4, 0.5) is 11.4 Å². The van der Waals surface area contributed by atoms with E-state index in [0.717, 1.165) is 0 Å². The minimum absolute atomic E-state index is 0.525. The highest BCUT2D eigenvalue weighted by atomic mass is 14.9. The highest BCUT2D eigenvalue weighted by molar-refractivity contribution is 5.64. The van der Waals surface area contributed by atoms with Crippen molar-refractivity contribution >= 4 is 11.4 Å². The molecule has 0 saturated heterocycles. The monoisotopic (exact) mass is 253 g/mol. The lowest BCUT2D eigenvalue weighted by Crippen LogP contribution is -1.98. The van der Waals surface area contributed by atoms with Gasteiger partial charge in [0.2, 0.25) is 0 Å². The quantitative estimate of drug-likeness (QED) is 0.739. The largest absolute Gasteiger partial charge is 0.355 e. The van der Waals surface area contributed by atoms with Gasteiger partial charge < -0.3 is 5.32 Å². The second-order valence-corrected chi connectivity index (χ2v) is 5.65. The number of hydrogen-bond donors (Lipinski definition) is 1. The molecule has 0 aliphatic carbocycles. The topological polar surface area (TPSA) is 12.0 Å². The molecular formula is C18H23N. The second kappa shape index (κ2) is 5.92. The maximum Gasteiger partial charge on any atom is 0.0419 e. The van der Waals surface area contributed by atoms with Gasteiger partial charge in [0, 0.05) is 11.4 Å². The molecule has 1 nitrogen and oxygen atoms in total. The molecule has 0 aliphatic heterocycles. The molecule has 0 aromatic heterocycles. The van der Waals surface area contributed by atoms with Crippen LogP contribution in [0.2, 0.25) is 0 Å². The summed E-state index contributed by atoms with van der Waals surface area (Å²) < 4.78 is 0. The maximum atomic E-state index is 3.55. The second-order valence-electron chi connectivity index (χ2n) is 5.65. The standard InChI is InChI=1S/C18H23N/c1-13(2)15-8-7-9-16(12-15)19-18-11-6-5-10-17(18)14(3)4/h5-14,19H,1-4H3. The van der Waals surface area contributed by atoms with Crippen LogP contribution in [-0.2, 0) is 0 Å². The molecule has 0 heterocycles. The average Bonchev–Trinajstić information content (AvgIpc) is 2.39. The van der Waals surface area contributed by atoms with E-state index in [4.69, 9.17) is 0 Å². The fourth-order valence-electron chi connectivity index (χ4n) is 2.25. The van der Waals surface area contributed by atoms with E-state index in [-0.39, 0.29) is 0 Å². The van der Waals surface area contributed by atoms with E-state index in [2.05, 4.69) is 81.5 Å². The Bertz CT molecular complexity index is 541. The van der Waals surface area contributed by atoms with E-state index in [1.807, 2.05) is 0 Å². The SMILES string of the molecule is CC(C)c1cccc(Nc2ccccc2C(C)C)c1. The van der Waals surface area contributed by atoms with Crippen molar-refractivity contribution in [1.82, 2.24) is 0 Å². The Kier molecular flexibility index (Phi) is 4.26. The van der Waals surface area contributed by atoms with Gasteiger partial charge in [-0.2, -0.15) is 0 Å². The van der Waals surface area contributed by atoms with Gasteiger partial charge in [-0.3, -0.25) is 0 Å². The third kappa shape index (κ3) is 3.37. The fourth-order valence-corrected chi connectivity index (χ4v) is 2.25. The highest BCUT2D eigenvalue weighted by Gasteiger charge is 2.06. The molecule has 0 amide bonds. The normalized spacial score (nSPS) is 11.1. The molecule has 0 fully saturated rings. The Labute approximate surface area is 116 Å². The molecular weight excluding hydrogens is 230 g/mol. The van der Waals surface area contributed by atoms with Crippen molar-refractivity contribution in [2.24, 2.45) is 0 Å². The Morgan fingerprint density at radius 3 is 2.21 bits per heavy atom. The van der Waals surface area contributed by atoms with Gasteiger partial charge in [-0.1, -0.05) is 58.0 Å². The Hall–Kier alpha value is -1.76. The zero-order chi connectivity index (χ0) is 13.8. The molecule has 19 heavy (non-hydrogen) atoms. The van der Waals surface area contributed by atoms with Crippen LogP contribution >= 0.6 is 0 Å². The van der Waals surface area contributed by atoms with Gasteiger partial charge in [0.05, 0.1) is 0 Å². The summed E-state index contributed by atoms with van der Waals surface area (Å²) in [4.78, 5) is 0. The summed E-state index contributed by atoms with van der Waals surface area (Å²) >= 11 is 0. The van der Waals surface area contributed by atoms with Gasteiger partial charge in [-0.05, 0) is 41.2 Å². The number of hydrogen-bond acceptors (Lipinski definition) is 1. The van der Waals surface area contributed by atoms with Gasteiger partial charge >= 0.3 is 0 Å². The summed E-state index contributed by atoms with van der Waals surface area (Å²) in [6, 6.07) is 17.2. The zero-order valence-electron chi connectivity index (χ0n) is 12.3. The molecule has 0 atom stereocenters. The third-order valence-electron chi connectivity index (χ3n) is 3.42. The summed E-state index contributed by atoms with van der Waals surface area (Å²) in [5.41, 5.74) is 5.10. The molecule has 0 spiro atoms. The van der Waals surface area contributed by atoms with E-state index in [1.54, 1.807) is 0 Å². The molecule has 1 heteroatoms. The van der Waals surface area contributed by atoms with Crippen LogP contribution in [0, 0.1) is 0 Å². The first-order valence-corrected chi connectivity index (χ1v) is 7.04. The van der Waals surface area contributed by atoms with E-state index in [0.29, 0.717) is 11.8 Å². The first-order chi connectivity index (χ1) is 9.08. The van der Waals surface area contributed by atoms with E-state index >= 15 is 0 Å². The molecule has 0 aliphatic rings. The number of benzene rings is 2. The summed E-state index contributed by atoms with van der Waals surface area (Å²) in [7, 11) is 0. The van der Waals surface area contributed by atoms with Crippen molar-refractivity contribution in [3.63, 3.8) is 0 Å². The molecule has 0 saturated carbocycles. The predicted octanol–water partition coefficient (Wildman–Crippen LogP) is 5.68. The third-order valence-corrected chi connectivity index (χ3v) is 3.42. The Balaban J connectivity index is 2.29. The van der Waals surface area contributed by atoms with Gasteiger partial charge in [-0.15, -0.1) is 0 Å². The van der Waals surface area contributed by atoms with Crippen molar-refractivity contribution in [2.75, 3.05) is 5.32 Å². The lowest BCUT2D eigenvalue weighted by Gasteiger charge is -2.15. The summed E-state index contributed by atoms with van der Waals surface area (Å²) in [5.74, 6) is 1.08. The van der Waals surface area contributed by atoms with Crippen LogP contribution in [0.5, 0.6) is 0 Å². The van der Waals surface area contributed by atoms with Crippen LogP contribution in [-0.4, -0.2) is 0 Å². The van der Waals surface area contributed by atoms with Gasteiger partial charge in [0.15, 0.2) is 0 Å². The molecule has 2 aromatic carbocycles. The van der Waals surface area contributed by atoms with Crippen LogP contribution in [0.25, 0.3) is 0 Å². The minimum Gasteiger partial charge on any atom is -0.355 e. The number of rotatable bonds is 4.